The lowest BCUT2D eigenvalue weighted by molar-refractivity contribution is -0.384. The number of nitro benzene ring substituents is 1. The molecule has 0 saturated carbocycles. The highest BCUT2D eigenvalue weighted by Crippen LogP contribution is 2.27. The molecule has 0 spiro atoms. The fraction of sp³-hybridized carbons (Fsp3) is 0.125. The van der Waals surface area contributed by atoms with Crippen LogP contribution in [-0.2, 0) is 9.59 Å². The van der Waals surface area contributed by atoms with Crippen LogP contribution in [0.3, 0.4) is 0 Å². The van der Waals surface area contributed by atoms with E-state index >= 15 is 0 Å². The molecular formula is C16H12ClN3O4. The minimum atomic E-state index is -0.768. The number of rotatable bonds is 4. The van der Waals surface area contributed by atoms with Crippen LogP contribution in [0.2, 0.25) is 5.02 Å². The third-order valence-corrected chi connectivity index (χ3v) is 3.88. The minimum Gasteiger partial charge on any atom is -0.373 e. The number of hydrogen-bond donors (Lipinski definition) is 1. The molecule has 0 aliphatic carbocycles. The fourth-order valence-electron chi connectivity index (χ4n) is 2.52. The van der Waals surface area contributed by atoms with Crippen LogP contribution in [0, 0.1) is 10.1 Å². The minimum absolute atomic E-state index is 0.0237. The molecule has 0 unspecified atom stereocenters. The van der Waals surface area contributed by atoms with Gasteiger partial charge in [0.1, 0.15) is 6.04 Å². The summed E-state index contributed by atoms with van der Waals surface area (Å²) >= 11 is 5.81. The molecule has 122 valence electrons. The Kier molecular flexibility index (Phi) is 4.18. The standard InChI is InChI=1S/C16H12ClN3O4/c17-10-4-6-12(7-5-10)19-15(21)9-14(16(19)22)18-11-2-1-3-13(8-11)20(23)24/h1-8,14,18H,9H2/t14-/m0/s1. The maximum Gasteiger partial charge on any atom is 0.271 e. The van der Waals surface area contributed by atoms with Gasteiger partial charge in [-0.1, -0.05) is 17.7 Å². The number of anilines is 2. The van der Waals surface area contributed by atoms with Crippen LogP contribution >= 0.6 is 11.6 Å². The number of benzene rings is 2. The summed E-state index contributed by atoms with van der Waals surface area (Å²) in [6.45, 7) is 0. The van der Waals surface area contributed by atoms with Crippen molar-refractivity contribution in [3.05, 3.63) is 63.7 Å². The predicted octanol–water partition coefficient (Wildman–Crippen LogP) is 2.99. The number of carbonyl (C=O) groups is 2. The molecule has 7 nitrogen and oxygen atoms in total. The Labute approximate surface area is 142 Å². The molecule has 1 fully saturated rings. The van der Waals surface area contributed by atoms with Crippen molar-refractivity contribution in [1.82, 2.24) is 0 Å². The van der Waals surface area contributed by atoms with Crippen molar-refractivity contribution in [3.63, 3.8) is 0 Å². The third-order valence-electron chi connectivity index (χ3n) is 3.63. The van der Waals surface area contributed by atoms with E-state index in [-0.39, 0.29) is 18.0 Å². The van der Waals surface area contributed by atoms with Crippen molar-refractivity contribution in [2.45, 2.75) is 12.5 Å². The van der Waals surface area contributed by atoms with Crippen LogP contribution in [0.15, 0.2) is 48.5 Å². The van der Waals surface area contributed by atoms with Crippen molar-refractivity contribution >= 4 is 40.5 Å². The van der Waals surface area contributed by atoms with E-state index in [0.29, 0.717) is 16.4 Å². The first-order valence-corrected chi connectivity index (χ1v) is 7.47. The zero-order valence-electron chi connectivity index (χ0n) is 12.3. The average molecular weight is 346 g/mol. The predicted molar refractivity (Wildman–Crippen MR) is 89.1 cm³/mol. The first-order chi connectivity index (χ1) is 11.5. The van der Waals surface area contributed by atoms with E-state index in [9.17, 15) is 19.7 Å². The summed E-state index contributed by atoms with van der Waals surface area (Å²) in [4.78, 5) is 36.0. The van der Waals surface area contributed by atoms with Gasteiger partial charge in [-0.25, -0.2) is 4.90 Å². The summed E-state index contributed by atoms with van der Waals surface area (Å²) < 4.78 is 0. The second-order valence-corrected chi connectivity index (χ2v) is 5.69. The Balaban J connectivity index is 1.80. The zero-order chi connectivity index (χ0) is 17.3. The molecule has 2 aromatic rings. The molecule has 0 bridgehead atoms. The molecule has 8 heteroatoms. The lowest BCUT2D eigenvalue weighted by atomic mass is 10.2. The highest BCUT2D eigenvalue weighted by molar-refractivity contribution is 6.30. The highest BCUT2D eigenvalue weighted by Gasteiger charge is 2.39. The molecule has 2 aromatic carbocycles. The van der Waals surface area contributed by atoms with Gasteiger partial charge in [-0.15, -0.1) is 0 Å². The topological polar surface area (TPSA) is 92.5 Å². The Morgan fingerprint density at radius 2 is 1.88 bits per heavy atom. The molecule has 2 amide bonds. The van der Waals surface area contributed by atoms with Crippen LogP contribution in [0.4, 0.5) is 17.1 Å². The van der Waals surface area contributed by atoms with Crippen molar-refractivity contribution in [2.24, 2.45) is 0 Å². The van der Waals surface area contributed by atoms with Crippen LogP contribution in [0.1, 0.15) is 6.42 Å². The molecule has 1 atom stereocenters. The molecule has 1 heterocycles. The van der Waals surface area contributed by atoms with Crippen LogP contribution in [0.5, 0.6) is 0 Å². The van der Waals surface area contributed by atoms with E-state index in [1.165, 1.54) is 18.2 Å². The second-order valence-electron chi connectivity index (χ2n) is 5.25. The third kappa shape index (κ3) is 3.07. The van der Waals surface area contributed by atoms with Gasteiger partial charge >= 0.3 is 0 Å². The van der Waals surface area contributed by atoms with E-state index in [2.05, 4.69) is 5.32 Å². The first-order valence-electron chi connectivity index (χ1n) is 7.09. The molecule has 0 aromatic heterocycles. The van der Waals surface area contributed by atoms with E-state index in [1.807, 2.05) is 0 Å². The van der Waals surface area contributed by atoms with Gasteiger partial charge in [0, 0.05) is 22.8 Å². The van der Waals surface area contributed by atoms with E-state index in [0.717, 1.165) is 4.90 Å². The van der Waals surface area contributed by atoms with Crippen LogP contribution in [0.25, 0.3) is 0 Å². The summed E-state index contributed by atoms with van der Waals surface area (Å²) in [5.74, 6) is -0.751. The molecular weight excluding hydrogens is 334 g/mol. The smallest absolute Gasteiger partial charge is 0.271 e. The lowest BCUT2D eigenvalue weighted by Gasteiger charge is -2.16. The fourth-order valence-corrected chi connectivity index (χ4v) is 2.64. The molecule has 1 aliphatic heterocycles. The number of nitro groups is 1. The summed E-state index contributed by atoms with van der Waals surface area (Å²) in [5, 5.41) is 14.2. The first kappa shape index (κ1) is 15.9. The Morgan fingerprint density at radius 3 is 2.54 bits per heavy atom. The zero-order valence-corrected chi connectivity index (χ0v) is 13.1. The average Bonchev–Trinajstić information content (AvgIpc) is 2.83. The maximum absolute atomic E-state index is 12.5. The summed E-state index contributed by atoms with van der Waals surface area (Å²) in [6.07, 6.45) is -0.0237. The number of hydrogen-bond acceptors (Lipinski definition) is 5. The quantitative estimate of drug-likeness (QED) is 0.522. The molecule has 1 N–H and O–H groups in total. The van der Waals surface area contributed by atoms with Gasteiger partial charge in [0.05, 0.1) is 17.0 Å². The van der Waals surface area contributed by atoms with Crippen molar-refractivity contribution in [1.29, 1.82) is 0 Å². The largest absolute Gasteiger partial charge is 0.373 e. The van der Waals surface area contributed by atoms with E-state index in [4.69, 9.17) is 11.6 Å². The molecule has 3 rings (SSSR count). The van der Waals surface area contributed by atoms with Gasteiger partial charge < -0.3 is 5.32 Å². The summed E-state index contributed by atoms with van der Waals surface area (Å²) in [6, 6.07) is 11.4. The molecule has 0 radical (unpaired) electrons. The molecule has 1 saturated heterocycles. The van der Waals surface area contributed by atoms with Gasteiger partial charge in [0.2, 0.25) is 5.91 Å². The second kappa shape index (κ2) is 6.29. The summed E-state index contributed by atoms with van der Waals surface area (Å²) in [7, 11) is 0. The monoisotopic (exact) mass is 345 g/mol. The highest BCUT2D eigenvalue weighted by atomic mass is 35.5. The Bertz CT molecular complexity index is 822. The molecule has 24 heavy (non-hydrogen) atoms. The number of halogens is 1. The van der Waals surface area contributed by atoms with Crippen LogP contribution < -0.4 is 10.2 Å². The molecule has 1 aliphatic rings. The Hall–Kier alpha value is -2.93. The number of amides is 2. The van der Waals surface area contributed by atoms with Gasteiger partial charge in [-0.05, 0) is 30.3 Å². The van der Waals surface area contributed by atoms with Crippen molar-refractivity contribution in [3.8, 4) is 0 Å². The summed E-state index contributed by atoms with van der Waals surface area (Å²) in [5.41, 5.74) is 0.761. The van der Waals surface area contributed by atoms with Crippen LogP contribution in [-0.4, -0.2) is 22.8 Å². The normalized spacial score (nSPS) is 17.2. The van der Waals surface area contributed by atoms with Gasteiger partial charge in [0.15, 0.2) is 0 Å². The van der Waals surface area contributed by atoms with E-state index < -0.39 is 16.9 Å². The van der Waals surface area contributed by atoms with Crippen molar-refractivity contribution < 1.29 is 14.5 Å². The number of carbonyl (C=O) groups excluding carboxylic acids is 2. The Morgan fingerprint density at radius 1 is 1.17 bits per heavy atom. The van der Waals surface area contributed by atoms with Gasteiger partial charge in [0.25, 0.3) is 11.6 Å². The van der Waals surface area contributed by atoms with Gasteiger partial charge in [-0.2, -0.15) is 0 Å². The van der Waals surface area contributed by atoms with Gasteiger partial charge in [-0.3, -0.25) is 19.7 Å². The SMILES string of the molecule is O=C1C[C@H](Nc2cccc([N+](=O)[O-])c2)C(=O)N1c1ccc(Cl)cc1. The number of nitrogens with one attached hydrogen (secondary N) is 1. The van der Waals surface area contributed by atoms with Crippen molar-refractivity contribution in [2.75, 3.05) is 10.2 Å². The lowest BCUT2D eigenvalue weighted by Crippen LogP contribution is -2.34. The maximum atomic E-state index is 12.5. The number of imide groups is 1. The number of nitrogens with zero attached hydrogens (tertiary/aromatic N) is 2. The van der Waals surface area contributed by atoms with E-state index in [1.54, 1.807) is 30.3 Å². The number of non-ortho nitro benzene ring substituents is 1.